The first-order valence-electron chi connectivity index (χ1n) is 14.6. The van der Waals surface area contributed by atoms with Crippen molar-refractivity contribution in [1.29, 1.82) is 0 Å². The van der Waals surface area contributed by atoms with E-state index in [-0.39, 0.29) is 0 Å². The van der Waals surface area contributed by atoms with Gasteiger partial charge in [0, 0.05) is 13.8 Å². The molecule has 0 atom stereocenters. The fourth-order valence-corrected chi connectivity index (χ4v) is 7.52. The second-order valence-electron chi connectivity index (χ2n) is 10.8. The third-order valence-electron chi connectivity index (χ3n) is 8.32. The molecule has 0 fully saturated rings. The smallest absolute Gasteiger partial charge is 0.237 e. The van der Waals surface area contributed by atoms with Gasteiger partial charge in [-0.05, 0) is 81.4 Å². The largest absolute Gasteiger partial charge is 0.253 e. The molecular formula is C34H44N4S2+2. The molecule has 210 valence electrons. The Kier molecular flexibility index (Phi) is 9.92. The van der Waals surface area contributed by atoms with Crippen molar-refractivity contribution in [2.75, 3.05) is 23.0 Å². The minimum absolute atomic E-state index is 1.10. The highest BCUT2D eigenvalue weighted by molar-refractivity contribution is 7.99. The maximum Gasteiger partial charge on any atom is 0.253 e. The van der Waals surface area contributed by atoms with E-state index in [2.05, 4.69) is 143 Å². The van der Waals surface area contributed by atoms with Gasteiger partial charge in [-0.25, -0.2) is 18.3 Å². The molecule has 0 N–H and O–H groups in total. The molecule has 0 aliphatic carbocycles. The molecule has 0 aliphatic heterocycles. The van der Waals surface area contributed by atoms with Gasteiger partial charge in [0.05, 0.1) is 27.2 Å². The van der Waals surface area contributed by atoms with Gasteiger partial charge in [0.1, 0.15) is 24.8 Å². The maximum absolute atomic E-state index is 2.36. The lowest BCUT2D eigenvalue weighted by atomic mass is 9.90. The minimum atomic E-state index is 1.10. The lowest BCUT2D eigenvalue weighted by Gasteiger charge is -2.17. The van der Waals surface area contributed by atoms with Crippen molar-refractivity contribution < 1.29 is 9.13 Å². The molecule has 2 aromatic heterocycles. The Labute approximate surface area is 248 Å². The fraction of sp³-hybridized carbons (Fsp3) is 0.412. The van der Waals surface area contributed by atoms with Crippen molar-refractivity contribution in [1.82, 2.24) is 9.13 Å². The van der Waals surface area contributed by atoms with E-state index in [1.807, 2.05) is 0 Å². The van der Waals surface area contributed by atoms with Crippen LogP contribution in [-0.2, 0) is 40.0 Å². The van der Waals surface area contributed by atoms with Crippen LogP contribution in [0.5, 0.6) is 0 Å². The number of aryl methyl sites for hydroxylation is 6. The van der Waals surface area contributed by atoms with Gasteiger partial charge in [-0.2, -0.15) is 23.5 Å². The number of aromatic nitrogens is 4. The van der Waals surface area contributed by atoms with Crippen molar-refractivity contribution in [2.45, 2.75) is 52.6 Å². The summed E-state index contributed by atoms with van der Waals surface area (Å²) < 4.78 is 9.11. The number of rotatable bonds is 14. The van der Waals surface area contributed by atoms with Crippen LogP contribution in [0.2, 0.25) is 0 Å². The average molecular weight is 573 g/mol. The van der Waals surface area contributed by atoms with E-state index in [4.69, 9.17) is 0 Å². The van der Waals surface area contributed by atoms with Crippen molar-refractivity contribution in [3.63, 3.8) is 0 Å². The van der Waals surface area contributed by atoms with Gasteiger partial charge >= 0.3 is 0 Å². The van der Waals surface area contributed by atoms with Crippen molar-refractivity contribution in [3.05, 3.63) is 96.1 Å². The third kappa shape index (κ3) is 6.60. The second-order valence-corrected chi connectivity index (χ2v) is 13.2. The summed E-state index contributed by atoms with van der Waals surface area (Å²) in [5.41, 5.74) is 3.05. The highest BCUT2D eigenvalue weighted by Gasteiger charge is 2.14. The van der Waals surface area contributed by atoms with Gasteiger partial charge < -0.3 is 0 Å². The molecule has 5 aromatic rings. The molecule has 0 amide bonds. The number of imidazole rings is 2. The predicted molar refractivity (Wildman–Crippen MR) is 173 cm³/mol. The van der Waals surface area contributed by atoms with E-state index < -0.39 is 0 Å². The van der Waals surface area contributed by atoms with E-state index in [0.29, 0.717) is 0 Å². The zero-order chi connectivity index (χ0) is 27.9. The van der Waals surface area contributed by atoms with Gasteiger partial charge in [0.2, 0.25) is 0 Å². The predicted octanol–water partition coefficient (Wildman–Crippen LogP) is 6.59. The summed E-state index contributed by atoms with van der Waals surface area (Å²) in [5, 5.41) is 5.81. The maximum atomic E-state index is 2.36. The number of nitrogens with zero attached hydrogens (tertiary/aromatic N) is 4. The SMILES string of the molecule is Cc1n(CCCSCCc2c3ccccc3c(CCSCCCn3cc[n+](C)c3C)c3ccccc23)cc[n+]1C. The van der Waals surface area contributed by atoms with Crippen LogP contribution in [0.4, 0.5) is 0 Å². The summed E-state index contributed by atoms with van der Waals surface area (Å²) in [4.78, 5) is 0. The Morgan fingerprint density at radius 3 is 1.27 bits per heavy atom. The highest BCUT2D eigenvalue weighted by Crippen LogP contribution is 2.34. The monoisotopic (exact) mass is 572 g/mol. The molecule has 2 heterocycles. The van der Waals surface area contributed by atoms with E-state index in [0.717, 1.165) is 25.9 Å². The van der Waals surface area contributed by atoms with Crippen LogP contribution in [0.1, 0.15) is 35.6 Å². The molecule has 0 unspecified atom stereocenters. The zero-order valence-electron chi connectivity index (χ0n) is 24.6. The van der Waals surface area contributed by atoms with Crippen molar-refractivity contribution in [2.24, 2.45) is 14.1 Å². The van der Waals surface area contributed by atoms with Crippen LogP contribution >= 0.6 is 23.5 Å². The van der Waals surface area contributed by atoms with Crippen LogP contribution in [0.25, 0.3) is 21.5 Å². The normalized spacial score (nSPS) is 11.7. The molecule has 0 radical (unpaired) electrons. The molecule has 0 saturated carbocycles. The van der Waals surface area contributed by atoms with Crippen LogP contribution < -0.4 is 9.13 Å². The Hall–Kier alpha value is -2.70. The number of hydrogen-bond donors (Lipinski definition) is 0. The lowest BCUT2D eigenvalue weighted by Crippen LogP contribution is -2.29. The number of fused-ring (bicyclic) bond motifs is 2. The topological polar surface area (TPSA) is 17.6 Å². The van der Waals surface area contributed by atoms with E-state index in [1.54, 1.807) is 0 Å². The zero-order valence-corrected chi connectivity index (χ0v) is 26.2. The lowest BCUT2D eigenvalue weighted by molar-refractivity contribution is -0.677. The van der Waals surface area contributed by atoms with E-state index >= 15 is 0 Å². The molecule has 0 bridgehead atoms. The van der Waals surface area contributed by atoms with Crippen LogP contribution in [0.3, 0.4) is 0 Å². The molecule has 0 spiro atoms. The molecule has 4 nitrogen and oxygen atoms in total. The highest BCUT2D eigenvalue weighted by atomic mass is 32.2. The third-order valence-corrected chi connectivity index (χ3v) is 10.5. The average Bonchev–Trinajstić information content (AvgIpc) is 3.47. The summed E-state index contributed by atoms with van der Waals surface area (Å²) in [6.45, 7) is 6.58. The van der Waals surface area contributed by atoms with E-state index in [1.165, 1.54) is 80.2 Å². The van der Waals surface area contributed by atoms with Gasteiger partial charge in [-0.3, -0.25) is 0 Å². The Balaban J connectivity index is 1.20. The Morgan fingerprint density at radius 2 is 0.950 bits per heavy atom. The van der Waals surface area contributed by atoms with Gasteiger partial charge in [0.15, 0.2) is 0 Å². The molecule has 40 heavy (non-hydrogen) atoms. The van der Waals surface area contributed by atoms with Crippen LogP contribution in [0.15, 0.2) is 73.3 Å². The Morgan fingerprint density at radius 1 is 0.575 bits per heavy atom. The summed E-state index contributed by atoms with van der Waals surface area (Å²) in [6, 6.07) is 18.3. The molecular weight excluding hydrogens is 529 g/mol. The number of thioether (sulfide) groups is 2. The Bertz CT molecular complexity index is 1390. The van der Waals surface area contributed by atoms with Gasteiger partial charge in [0.25, 0.3) is 11.6 Å². The van der Waals surface area contributed by atoms with Crippen molar-refractivity contribution >= 4 is 45.1 Å². The number of hydrogen-bond acceptors (Lipinski definition) is 2. The van der Waals surface area contributed by atoms with Crippen LogP contribution in [0, 0.1) is 13.8 Å². The fourth-order valence-electron chi connectivity index (χ4n) is 5.74. The molecule has 3 aromatic carbocycles. The summed E-state index contributed by atoms with van der Waals surface area (Å²) >= 11 is 4.19. The first kappa shape index (κ1) is 28.8. The summed E-state index contributed by atoms with van der Waals surface area (Å²) in [6.07, 6.45) is 13.3. The summed E-state index contributed by atoms with van der Waals surface area (Å²) in [7, 11) is 4.24. The molecule has 5 rings (SSSR count). The number of benzene rings is 3. The first-order chi connectivity index (χ1) is 19.5. The first-order valence-corrected chi connectivity index (χ1v) is 16.9. The standard InChI is InChI=1S/C34H44N4S2/c1-27-35(3)19-21-37(27)17-9-23-39-25-15-33-29-11-5-7-13-31(29)34(32-14-8-6-12-30(32)33)16-26-40-24-10-18-38-22-20-36(4)28(38)2/h5-8,11-14,19-22H,9-10,15-18,23-26H2,1-4H3/q+2. The molecule has 0 saturated heterocycles. The van der Waals surface area contributed by atoms with Gasteiger partial charge in [-0.15, -0.1) is 0 Å². The van der Waals surface area contributed by atoms with Crippen molar-refractivity contribution in [3.8, 4) is 0 Å². The molecule has 0 aliphatic rings. The second kappa shape index (κ2) is 13.8. The van der Waals surface area contributed by atoms with Gasteiger partial charge in [-0.1, -0.05) is 48.5 Å². The minimum Gasteiger partial charge on any atom is -0.237 e. The van der Waals surface area contributed by atoms with E-state index in [9.17, 15) is 0 Å². The molecule has 6 heteroatoms. The summed E-state index contributed by atoms with van der Waals surface area (Å²) in [5.74, 6) is 7.38. The van der Waals surface area contributed by atoms with Crippen LogP contribution in [-0.4, -0.2) is 32.1 Å². The quantitative estimate of drug-likeness (QED) is 0.0848.